The lowest BCUT2D eigenvalue weighted by atomic mass is 10.1. The van der Waals surface area contributed by atoms with Gasteiger partial charge in [-0.25, -0.2) is 0 Å². The molecular formula is C16H11Cl2N3O4. The molecule has 0 fully saturated rings. The van der Waals surface area contributed by atoms with Crippen LogP contribution in [0, 0.1) is 0 Å². The summed E-state index contributed by atoms with van der Waals surface area (Å²) in [7, 11) is 0. The van der Waals surface area contributed by atoms with E-state index in [4.69, 9.17) is 33.7 Å². The lowest BCUT2D eigenvalue weighted by Gasteiger charge is -2.20. The minimum Gasteiger partial charge on any atom is -0.482 e. The molecule has 0 aromatic heterocycles. The van der Waals surface area contributed by atoms with Gasteiger partial charge < -0.3 is 21.1 Å². The van der Waals surface area contributed by atoms with E-state index in [2.05, 4.69) is 10.6 Å². The SMILES string of the molecule is NC(=O)c1cc(NC(=O)c2cccc3c2NC(=O)CO3)c(Cl)cc1Cl. The van der Waals surface area contributed by atoms with Crippen LogP contribution in [0.3, 0.4) is 0 Å². The van der Waals surface area contributed by atoms with E-state index < -0.39 is 11.8 Å². The van der Waals surface area contributed by atoms with Crippen LogP contribution in [0.2, 0.25) is 10.0 Å². The van der Waals surface area contributed by atoms with Crippen molar-refractivity contribution in [1.82, 2.24) is 0 Å². The monoisotopic (exact) mass is 379 g/mol. The number of benzene rings is 2. The third-order valence-corrected chi connectivity index (χ3v) is 4.09. The Morgan fingerprint density at radius 3 is 2.64 bits per heavy atom. The van der Waals surface area contributed by atoms with Gasteiger partial charge in [-0.15, -0.1) is 0 Å². The second-order valence-corrected chi connectivity index (χ2v) is 5.96. The summed E-state index contributed by atoms with van der Waals surface area (Å²) >= 11 is 12.0. The zero-order valence-electron chi connectivity index (χ0n) is 12.6. The number of rotatable bonds is 3. The van der Waals surface area contributed by atoms with Crippen LogP contribution in [0.1, 0.15) is 20.7 Å². The number of para-hydroxylation sites is 1. The first kappa shape index (κ1) is 17.1. The molecule has 0 aliphatic carbocycles. The molecular weight excluding hydrogens is 369 g/mol. The average molecular weight is 380 g/mol. The molecule has 4 N–H and O–H groups in total. The Labute approximate surface area is 152 Å². The number of hydrogen-bond donors (Lipinski definition) is 3. The van der Waals surface area contributed by atoms with Crippen molar-refractivity contribution in [3.05, 3.63) is 51.5 Å². The molecule has 0 bridgehead atoms. The van der Waals surface area contributed by atoms with E-state index in [0.29, 0.717) is 5.75 Å². The molecule has 2 aromatic carbocycles. The second-order valence-electron chi connectivity index (χ2n) is 5.15. The predicted molar refractivity (Wildman–Crippen MR) is 93.5 cm³/mol. The summed E-state index contributed by atoms with van der Waals surface area (Å²) < 4.78 is 5.27. The van der Waals surface area contributed by atoms with Crippen molar-refractivity contribution in [2.45, 2.75) is 0 Å². The van der Waals surface area contributed by atoms with Gasteiger partial charge in [0.1, 0.15) is 5.75 Å². The molecule has 0 atom stereocenters. The number of fused-ring (bicyclic) bond motifs is 1. The van der Waals surface area contributed by atoms with Gasteiger partial charge in [0.2, 0.25) is 5.91 Å². The number of carbonyl (C=O) groups is 3. The first-order valence-electron chi connectivity index (χ1n) is 7.02. The highest BCUT2D eigenvalue weighted by Gasteiger charge is 2.23. The van der Waals surface area contributed by atoms with Crippen LogP contribution in [0.25, 0.3) is 0 Å². The first-order valence-corrected chi connectivity index (χ1v) is 7.78. The lowest BCUT2D eigenvalue weighted by Crippen LogP contribution is -2.27. The zero-order chi connectivity index (χ0) is 18.1. The third kappa shape index (κ3) is 3.38. The average Bonchev–Trinajstić information content (AvgIpc) is 2.56. The summed E-state index contributed by atoms with van der Waals surface area (Å²) in [5, 5.41) is 5.38. The smallest absolute Gasteiger partial charge is 0.262 e. The Balaban J connectivity index is 1.95. The molecule has 1 aliphatic rings. The Morgan fingerprint density at radius 2 is 1.92 bits per heavy atom. The van der Waals surface area contributed by atoms with E-state index in [1.165, 1.54) is 18.2 Å². The molecule has 25 heavy (non-hydrogen) atoms. The normalized spacial score (nSPS) is 12.6. The molecule has 0 radical (unpaired) electrons. The van der Waals surface area contributed by atoms with E-state index in [9.17, 15) is 14.4 Å². The van der Waals surface area contributed by atoms with Gasteiger partial charge in [0.05, 0.1) is 32.5 Å². The quantitative estimate of drug-likeness (QED) is 0.760. The highest BCUT2D eigenvalue weighted by atomic mass is 35.5. The minimum atomic E-state index is -0.755. The molecule has 3 rings (SSSR count). The minimum absolute atomic E-state index is 0.0214. The molecule has 3 amide bonds. The number of hydrogen-bond acceptors (Lipinski definition) is 4. The molecule has 2 aromatic rings. The van der Waals surface area contributed by atoms with Crippen LogP contribution in [-0.4, -0.2) is 24.3 Å². The number of carbonyl (C=O) groups excluding carboxylic acids is 3. The number of ether oxygens (including phenoxy) is 1. The molecule has 9 heteroatoms. The molecule has 1 heterocycles. The Hall–Kier alpha value is -2.77. The van der Waals surface area contributed by atoms with Gasteiger partial charge in [-0.3, -0.25) is 14.4 Å². The van der Waals surface area contributed by atoms with Crippen molar-refractivity contribution < 1.29 is 19.1 Å². The Morgan fingerprint density at radius 1 is 1.16 bits per heavy atom. The molecule has 128 valence electrons. The second kappa shape index (κ2) is 6.62. The van der Waals surface area contributed by atoms with Gasteiger partial charge in [-0.2, -0.15) is 0 Å². The highest BCUT2D eigenvalue weighted by molar-refractivity contribution is 6.38. The Bertz CT molecular complexity index is 914. The maximum atomic E-state index is 12.6. The molecule has 0 spiro atoms. The van der Waals surface area contributed by atoms with Crippen LogP contribution in [0.5, 0.6) is 5.75 Å². The Kier molecular flexibility index (Phi) is 4.52. The summed E-state index contributed by atoms with van der Waals surface area (Å²) in [5.41, 5.74) is 5.86. The zero-order valence-corrected chi connectivity index (χ0v) is 14.1. The first-order chi connectivity index (χ1) is 11.9. The number of primary amides is 1. The van der Waals surface area contributed by atoms with E-state index in [-0.39, 0.29) is 45.1 Å². The number of amides is 3. The number of nitrogens with two attached hydrogens (primary N) is 1. The van der Waals surface area contributed by atoms with Gasteiger partial charge in [0.25, 0.3) is 11.8 Å². The summed E-state index contributed by atoms with van der Waals surface area (Å²) in [6.07, 6.45) is 0. The van der Waals surface area contributed by atoms with Gasteiger partial charge >= 0.3 is 0 Å². The third-order valence-electron chi connectivity index (χ3n) is 3.46. The van der Waals surface area contributed by atoms with Crippen molar-refractivity contribution in [3.8, 4) is 5.75 Å². The topological polar surface area (TPSA) is 111 Å². The summed E-state index contributed by atoms with van der Waals surface area (Å²) in [4.78, 5) is 35.5. The molecule has 7 nitrogen and oxygen atoms in total. The molecule has 1 aliphatic heterocycles. The largest absolute Gasteiger partial charge is 0.482 e. The van der Waals surface area contributed by atoms with Crippen molar-refractivity contribution >= 4 is 52.3 Å². The molecule has 0 saturated carbocycles. The predicted octanol–water partition coefficient (Wildman–Crippen LogP) is 2.68. The fourth-order valence-corrected chi connectivity index (χ4v) is 2.84. The lowest BCUT2D eigenvalue weighted by molar-refractivity contribution is -0.118. The fraction of sp³-hybridized carbons (Fsp3) is 0.0625. The van der Waals surface area contributed by atoms with Crippen LogP contribution in [0.15, 0.2) is 30.3 Å². The van der Waals surface area contributed by atoms with Crippen molar-refractivity contribution in [3.63, 3.8) is 0 Å². The number of halogens is 2. The standard InChI is InChI=1S/C16H11Cl2N3O4/c17-9-5-10(18)11(4-8(9)15(19)23)20-16(24)7-2-1-3-12-14(7)21-13(22)6-25-12/h1-5H,6H2,(H2,19,23)(H,20,24)(H,21,22). The van der Waals surface area contributed by atoms with E-state index in [1.807, 2.05) is 0 Å². The van der Waals surface area contributed by atoms with Crippen LogP contribution >= 0.6 is 23.2 Å². The molecule has 0 unspecified atom stereocenters. The summed E-state index contributed by atoms with van der Waals surface area (Å²) in [6, 6.07) is 7.36. The van der Waals surface area contributed by atoms with Gasteiger partial charge in [-0.1, -0.05) is 29.3 Å². The van der Waals surface area contributed by atoms with Crippen molar-refractivity contribution in [1.29, 1.82) is 0 Å². The fourth-order valence-electron chi connectivity index (χ4n) is 2.31. The number of nitrogens with one attached hydrogen (secondary N) is 2. The van der Waals surface area contributed by atoms with Crippen molar-refractivity contribution in [2.75, 3.05) is 17.2 Å². The molecule has 0 saturated heterocycles. The van der Waals surface area contributed by atoms with Gasteiger partial charge in [0.15, 0.2) is 6.61 Å². The highest BCUT2D eigenvalue weighted by Crippen LogP contribution is 2.33. The van der Waals surface area contributed by atoms with Crippen molar-refractivity contribution in [2.24, 2.45) is 5.73 Å². The summed E-state index contributed by atoms with van der Waals surface area (Å²) in [6.45, 7) is -0.122. The van der Waals surface area contributed by atoms with Crippen LogP contribution in [0.4, 0.5) is 11.4 Å². The van der Waals surface area contributed by atoms with Gasteiger partial charge in [-0.05, 0) is 24.3 Å². The maximum absolute atomic E-state index is 12.6. The number of anilines is 2. The van der Waals surface area contributed by atoms with E-state index in [0.717, 1.165) is 0 Å². The van der Waals surface area contributed by atoms with Gasteiger partial charge in [0, 0.05) is 0 Å². The van der Waals surface area contributed by atoms with Crippen LogP contribution in [-0.2, 0) is 4.79 Å². The van der Waals surface area contributed by atoms with Crippen LogP contribution < -0.4 is 21.1 Å². The van der Waals surface area contributed by atoms with E-state index in [1.54, 1.807) is 12.1 Å². The maximum Gasteiger partial charge on any atom is 0.262 e. The summed E-state index contributed by atoms with van der Waals surface area (Å²) in [5.74, 6) is -1.29. The van der Waals surface area contributed by atoms with E-state index >= 15 is 0 Å².